The minimum absolute atomic E-state index is 0.0927. The number of rotatable bonds is 6. The van der Waals surface area contributed by atoms with E-state index in [9.17, 15) is 8.42 Å². The third-order valence-electron chi connectivity index (χ3n) is 5.53. The highest BCUT2D eigenvalue weighted by molar-refractivity contribution is 7.92. The number of thiazole rings is 1. The third kappa shape index (κ3) is 4.46. The highest BCUT2D eigenvalue weighted by Gasteiger charge is 2.26. The van der Waals surface area contributed by atoms with Gasteiger partial charge >= 0.3 is 0 Å². The van der Waals surface area contributed by atoms with Gasteiger partial charge in [0, 0.05) is 30.9 Å². The fourth-order valence-corrected chi connectivity index (χ4v) is 6.00. The molecule has 0 radical (unpaired) electrons. The number of aromatic nitrogens is 3. The second-order valence-corrected chi connectivity index (χ2v) is 10.6. The fourth-order valence-electron chi connectivity index (χ4n) is 3.80. The maximum absolute atomic E-state index is 15.7. The van der Waals surface area contributed by atoms with Gasteiger partial charge < -0.3 is 9.15 Å². The van der Waals surface area contributed by atoms with E-state index < -0.39 is 15.8 Å². The van der Waals surface area contributed by atoms with E-state index in [1.807, 2.05) is 0 Å². The summed E-state index contributed by atoms with van der Waals surface area (Å²) >= 11 is 1.47. The molecule has 0 saturated carbocycles. The molecule has 1 aliphatic heterocycles. The van der Waals surface area contributed by atoms with E-state index in [1.165, 1.54) is 29.7 Å². The Kier molecular flexibility index (Phi) is 6.15. The molecule has 5 rings (SSSR count). The molecular formula is C23H21FN4O4S2. The van der Waals surface area contributed by atoms with Crippen LogP contribution in [0.1, 0.15) is 29.6 Å². The van der Waals surface area contributed by atoms with Crippen molar-refractivity contribution in [1.82, 2.24) is 15.0 Å². The molecule has 0 amide bonds. The Hall–Kier alpha value is -3.15. The zero-order chi connectivity index (χ0) is 23.7. The van der Waals surface area contributed by atoms with E-state index in [1.54, 1.807) is 31.3 Å². The maximum atomic E-state index is 15.7. The smallest absolute Gasteiger partial charge is 0.265 e. The van der Waals surface area contributed by atoms with Crippen LogP contribution in [0.25, 0.3) is 21.8 Å². The second kappa shape index (κ2) is 9.24. The SMILES string of the molecule is Cc1nccc(-c2sc(C3CCOCC3)nc2-c2cccc(NS(=O)(=O)c3ccoc3)c2F)n1. The predicted octanol–water partition coefficient (Wildman–Crippen LogP) is 5.00. The first kappa shape index (κ1) is 22.6. The minimum Gasteiger partial charge on any atom is -0.471 e. The molecule has 1 aromatic carbocycles. The molecule has 34 heavy (non-hydrogen) atoms. The van der Waals surface area contributed by atoms with Crippen molar-refractivity contribution in [1.29, 1.82) is 0 Å². The molecule has 1 fully saturated rings. The number of halogens is 1. The van der Waals surface area contributed by atoms with Crippen LogP contribution in [-0.2, 0) is 14.8 Å². The molecule has 1 N–H and O–H groups in total. The van der Waals surface area contributed by atoms with Gasteiger partial charge in [0.1, 0.15) is 17.0 Å². The Bertz CT molecular complexity index is 1410. The Morgan fingerprint density at radius 3 is 2.71 bits per heavy atom. The number of ether oxygens (including phenoxy) is 1. The first-order valence-corrected chi connectivity index (χ1v) is 12.9. The van der Waals surface area contributed by atoms with Crippen molar-refractivity contribution in [2.75, 3.05) is 17.9 Å². The van der Waals surface area contributed by atoms with Crippen molar-refractivity contribution in [2.24, 2.45) is 0 Å². The maximum Gasteiger partial charge on any atom is 0.265 e. The van der Waals surface area contributed by atoms with Crippen LogP contribution in [-0.4, -0.2) is 36.6 Å². The normalized spacial score (nSPS) is 14.9. The summed E-state index contributed by atoms with van der Waals surface area (Å²) in [6, 6.07) is 7.61. The van der Waals surface area contributed by atoms with E-state index in [2.05, 4.69) is 14.7 Å². The molecule has 11 heteroatoms. The van der Waals surface area contributed by atoms with Crippen LogP contribution in [0.15, 0.2) is 58.4 Å². The monoisotopic (exact) mass is 500 g/mol. The van der Waals surface area contributed by atoms with Crippen molar-refractivity contribution in [3.05, 3.63) is 65.7 Å². The van der Waals surface area contributed by atoms with Crippen LogP contribution < -0.4 is 4.72 Å². The van der Waals surface area contributed by atoms with Gasteiger partial charge in [0.2, 0.25) is 0 Å². The van der Waals surface area contributed by atoms with Gasteiger partial charge in [-0.25, -0.2) is 27.8 Å². The van der Waals surface area contributed by atoms with Crippen molar-refractivity contribution in [3.8, 4) is 21.8 Å². The Labute approximate surface area is 199 Å². The van der Waals surface area contributed by atoms with Gasteiger partial charge in [0.15, 0.2) is 5.82 Å². The molecule has 3 aromatic heterocycles. The molecule has 1 saturated heterocycles. The summed E-state index contributed by atoms with van der Waals surface area (Å²) < 4.78 is 53.6. The van der Waals surface area contributed by atoms with Crippen molar-refractivity contribution >= 4 is 27.0 Å². The van der Waals surface area contributed by atoms with Crippen LogP contribution in [0, 0.1) is 12.7 Å². The lowest BCUT2D eigenvalue weighted by Crippen LogP contribution is -2.14. The number of hydrogen-bond acceptors (Lipinski definition) is 8. The quantitative estimate of drug-likeness (QED) is 0.397. The zero-order valence-corrected chi connectivity index (χ0v) is 19.8. The molecule has 0 unspecified atom stereocenters. The van der Waals surface area contributed by atoms with Crippen LogP contribution in [0.2, 0.25) is 0 Å². The largest absolute Gasteiger partial charge is 0.471 e. The molecule has 0 aliphatic carbocycles. The Morgan fingerprint density at radius 1 is 1.15 bits per heavy atom. The van der Waals surface area contributed by atoms with Crippen LogP contribution in [0.3, 0.4) is 0 Å². The number of benzene rings is 1. The molecule has 0 bridgehead atoms. The standard InChI is InChI=1S/C23H21FN4O4S2/c1-14-25-9-5-19(26-14)22-21(27-23(33-22)15-6-10-31-11-7-15)17-3-2-4-18(20(17)24)28-34(29,30)16-8-12-32-13-16/h2-5,8-9,12-13,15,28H,6-7,10-11H2,1H3. The number of hydrogen-bond donors (Lipinski definition) is 1. The minimum atomic E-state index is -4.01. The number of sulfonamides is 1. The van der Waals surface area contributed by atoms with Crippen molar-refractivity contribution in [3.63, 3.8) is 0 Å². The van der Waals surface area contributed by atoms with E-state index >= 15 is 4.39 Å². The molecule has 176 valence electrons. The highest BCUT2D eigenvalue weighted by atomic mass is 32.2. The van der Waals surface area contributed by atoms with E-state index in [0.717, 1.165) is 24.1 Å². The molecule has 4 heterocycles. The van der Waals surface area contributed by atoms with Crippen LogP contribution in [0.5, 0.6) is 0 Å². The first-order valence-electron chi connectivity index (χ1n) is 10.6. The number of furan rings is 1. The molecule has 0 atom stereocenters. The van der Waals surface area contributed by atoms with Gasteiger partial charge in [-0.1, -0.05) is 6.07 Å². The molecule has 0 spiro atoms. The summed E-state index contributed by atoms with van der Waals surface area (Å²) in [7, 11) is -4.01. The topological polar surface area (TPSA) is 107 Å². The number of nitrogens with zero attached hydrogens (tertiary/aromatic N) is 3. The average molecular weight is 501 g/mol. The van der Waals surface area contributed by atoms with E-state index in [0.29, 0.717) is 35.3 Å². The second-order valence-electron chi connectivity index (χ2n) is 7.84. The summed E-state index contributed by atoms with van der Waals surface area (Å²) in [5.41, 5.74) is 1.07. The predicted molar refractivity (Wildman–Crippen MR) is 126 cm³/mol. The van der Waals surface area contributed by atoms with Crippen molar-refractivity contribution < 1.29 is 22.0 Å². The summed E-state index contributed by atoms with van der Waals surface area (Å²) in [4.78, 5) is 14.1. The van der Waals surface area contributed by atoms with Gasteiger partial charge in [0.05, 0.1) is 33.2 Å². The molecule has 1 aliphatic rings. The molecular weight excluding hydrogens is 479 g/mol. The Balaban J connectivity index is 1.60. The lowest BCUT2D eigenvalue weighted by molar-refractivity contribution is 0.0853. The van der Waals surface area contributed by atoms with Gasteiger partial charge in [-0.15, -0.1) is 11.3 Å². The average Bonchev–Trinajstić information content (AvgIpc) is 3.52. The summed E-state index contributed by atoms with van der Waals surface area (Å²) in [5.74, 6) is 0.0806. The van der Waals surface area contributed by atoms with E-state index in [4.69, 9.17) is 14.1 Å². The summed E-state index contributed by atoms with van der Waals surface area (Å²) in [5, 5.41) is 0.883. The Morgan fingerprint density at radius 2 is 1.97 bits per heavy atom. The summed E-state index contributed by atoms with van der Waals surface area (Å²) in [6.07, 6.45) is 5.65. The van der Waals surface area contributed by atoms with Crippen LogP contribution in [0.4, 0.5) is 10.1 Å². The summed E-state index contributed by atoms with van der Waals surface area (Å²) in [6.45, 7) is 3.10. The van der Waals surface area contributed by atoms with Crippen LogP contribution >= 0.6 is 11.3 Å². The molecule has 4 aromatic rings. The number of anilines is 1. The van der Waals surface area contributed by atoms with Gasteiger partial charge in [-0.3, -0.25) is 4.72 Å². The fraction of sp³-hybridized carbons (Fsp3) is 0.261. The van der Waals surface area contributed by atoms with E-state index in [-0.39, 0.29) is 22.1 Å². The number of aryl methyl sites for hydroxylation is 1. The van der Waals surface area contributed by atoms with Gasteiger partial charge in [0.25, 0.3) is 10.0 Å². The number of nitrogens with one attached hydrogen (secondary N) is 1. The lowest BCUT2D eigenvalue weighted by atomic mass is 10.0. The van der Waals surface area contributed by atoms with Crippen molar-refractivity contribution in [2.45, 2.75) is 30.6 Å². The highest BCUT2D eigenvalue weighted by Crippen LogP contribution is 2.42. The zero-order valence-electron chi connectivity index (χ0n) is 18.2. The third-order valence-corrected chi connectivity index (χ3v) is 8.11. The molecule has 8 nitrogen and oxygen atoms in total. The first-order chi connectivity index (χ1) is 16.4. The van der Waals surface area contributed by atoms with Gasteiger partial charge in [-0.2, -0.15) is 0 Å². The lowest BCUT2D eigenvalue weighted by Gasteiger charge is -2.19. The van der Waals surface area contributed by atoms with Gasteiger partial charge in [-0.05, 0) is 44.0 Å².